The van der Waals surface area contributed by atoms with Crippen molar-refractivity contribution in [3.8, 4) is 11.3 Å². The minimum absolute atomic E-state index is 0.0615. The molecule has 2 aromatic rings. The summed E-state index contributed by atoms with van der Waals surface area (Å²) < 4.78 is 12.9. The van der Waals surface area contributed by atoms with E-state index >= 15 is 0 Å². The van der Waals surface area contributed by atoms with Crippen LogP contribution in [-0.4, -0.2) is 72.7 Å². The zero-order valence-corrected chi connectivity index (χ0v) is 16.2. The van der Waals surface area contributed by atoms with E-state index in [4.69, 9.17) is 19.6 Å². The van der Waals surface area contributed by atoms with Crippen molar-refractivity contribution in [3.63, 3.8) is 0 Å². The maximum Gasteiger partial charge on any atom is 0.0956 e. The Kier molecular flexibility index (Phi) is 7.83. The summed E-state index contributed by atoms with van der Waals surface area (Å²) in [5, 5.41) is 8.90. The predicted molar refractivity (Wildman–Crippen MR) is 106 cm³/mol. The predicted octanol–water partition coefficient (Wildman–Crippen LogP) is 2.38. The van der Waals surface area contributed by atoms with E-state index < -0.39 is 0 Å². The lowest BCUT2D eigenvalue weighted by Gasteiger charge is -2.32. The third-order valence-corrected chi connectivity index (χ3v) is 5.22. The Hall–Kier alpha value is -1.73. The van der Waals surface area contributed by atoms with Gasteiger partial charge in [0.05, 0.1) is 38.4 Å². The number of benzene rings is 1. The molecular formula is C21H31N3O3. The van der Waals surface area contributed by atoms with Gasteiger partial charge in [0.2, 0.25) is 0 Å². The summed E-state index contributed by atoms with van der Waals surface area (Å²) in [6.45, 7) is 5.77. The summed E-state index contributed by atoms with van der Waals surface area (Å²) in [7, 11) is 1.76. The lowest BCUT2D eigenvalue weighted by Crippen LogP contribution is -2.35. The minimum Gasteiger partial charge on any atom is -0.394 e. The number of aliphatic hydroxyl groups excluding tert-OH is 1. The van der Waals surface area contributed by atoms with Crippen molar-refractivity contribution in [1.82, 2.24) is 14.5 Å². The first-order valence-electron chi connectivity index (χ1n) is 9.83. The van der Waals surface area contributed by atoms with Crippen LogP contribution in [0, 0.1) is 0 Å². The second kappa shape index (κ2) is 10.6. The Morgan fingerprint density at radius 1 is 1.07 bits per heavy atom. The van der Waals surface area contributed by atoms with Gasteiger partial charge in [-0.05, 0) is 25.9 Å². The molecule has 1 N–H and O–H groups in total. The first kappa shape index (κ1) is 20.0. The van der Waals surface area contributed by atoms with Crippen LogP contribution in [0.1, 0.15) is 24.5 Å². The molecule has 1 aromatic heterocycles. The average molecular weight is 373 g/mol. The molecular weight excluding hydrogens is 342 g/mol. The Morgan fingerprint density at radius 3 is 2.56 bits per heavy atom. The number of piperidine rings is 1. The van der Waals surface area contributed by atoms with Gasteiger partial charge >= 0.3 is 0 Å². The van der Waals surface area contributed by atoms with E-state index in [1.165, 1.54) is 11.3 Å². The molecule has 1 aliphatic heterocycles. The quantitative estimate of drug-likeness (QED) is 0.648. The van der Waals surface area contributed by atoms with E-state index in [-0.39, 0.29) is 6.61 Å². The van der Waals surface area contributed by atoms with E-state index in [1.54, 1.807) is 7.11 Å². The van der Waals surface area contributed by atoms with Crippen molar-refractivity contribution in [1.29, 1.82) is 0 Å². The van der Waals surface area contributed by atoms with Crippen LogP contribution in [0.3, 0.4) is 0 Å². The minimum atomic E-state index is 0.0615. The molecule has 148 valence electrons. The van der Waals surface area contributed by atoms with Crippen molar-refractivity contribution in [2.75, 3.05) is 53.2 Å². The fourth-order valence-corrected chi connectivity index (χ4v) is 3.80. The number of nitrogens with zero attached hydrogens (tertiary/aromatic N) is 3. The molecule has 1 aromatic carbocycles. The Balaban J connectivity index is 1.75. The maximum absolute atomic E-state index is 8.90. The van der Waals surface area contributed by atoms with Crippen molar-refractivity contribution < 1.29 is 14.6 Å². The van der Waals surface area contributed by atoms with Crippen LogP contribution in [0.5, 0.6) is 0 Å². The highest BCUT2D eigenvalue weighted by Crippen LogP contribution is 2.34. The summed E-state index contributed by atoms with van der Waals surface area (Å²) in [5.41, 5.74) is 3.58. The molecule has 0 saturated carbocycles. The third-order valence-electron chi connectivity index (χ3n) is 5.22. The van der Waals surface area contributed by atoms with E-state index in [0.717, 1.165) is 51.3 Å². The first-order valence-corrected chi connectivity index (χ1v) is 9.83. The lowest BCUT2D eigenvalue weighted by molar-refractivity contribution is 0.0861. The van der Waals surface area contributed by atoms with E-state index in [0.29, 0.717) is 19.1 Å². The van der Waals surface area contributed by atoms with Gasteiger partial charge in [-0.1, -0.05) is 30.3 Å². The molecule has 27 heavy (non-hydrogen) atoms. The Bertz CT molecular complexity index is 667. The van der Waals surface area contributed by atoms with Gasteiger partial charge in [-0.25, -0.2) is 4.98 Å². The molecule has 1 saturated heterocycles. The first-order chi connectivity index (χ1) is 13.3. The second-order valence-corrected chi connectivity index (χ2v) is 6.98. The molecule has 2 heterocycles. The van der Waals surface area contributed by atoms with Gasteiger partial charge in [-0.15, -0.1) is 0 Å². The zero-order chi connectivity index (χ0) is 18.9. The van der Waals surface area contributed by atoms with Crippen LogP contribution in [0.4, 0.5) is 0 Å². The van der Waals surface area contributed by atoms with Gasteiger partial charge in [0, 0.05) is 37.4 Å². The van der Waals surface area contributed by atoms with Gasteiger partial charge in [0.15, 0.2) is 0 Å². The van der Waals surface area contributed by atoms with Gasteiger partial charge < -0.3 is 24.0 Å². The number of hydrogen-bond donors (Lipinski definition) is 1. The van der Waals surface area contributed by atoms with Crippen LogP contribution >= 0.6 is 0 Å². The van der Waals surface area contributed by atoms with E-state index in [2.05, 4.69) is 33.7 Å². The number of rotatable bonds is 10. The molecule has 0 amide bonds. The van der Waals surface area contributed by atoms with E-state index in [9.17, 15) is 0 Å². The highest BCUT2D eigenvalue weighted by molar-refractivity contribution is 5.62. The number of aliphatic hydroxyl groups is 1. The van der Waals surface area contributed by atoms with Crippen molar-refractivity contribution in [2.24, 2.45) is 0 Å². The van der Waals surface area contributed by atoms with Crippen LogP contribution < -0.4 is 0 Å². The summed E-state index contributed by atoms with van der Waals surface area (Å²) in [6, 6.07) is 10.4. The average Bonchev–Trinajstić information content (AvgIpc) is 3.14. The summed E-state index contributed by atoms with van der Waals surface area (Å²) >= 11 is 0. The largest absolute Gasteiger partial charge is 0.394 e. The van der Waals surface area contributed by atoms with Crippen LogP contribution in [0.2, 0.25) is 0 Å². The van der Waals surface area contributed by atoms with E-state index in [1.807, 2.05) is 12.4 Å². The second-order valence-electron chi connectivity index (χ2n) is 6.98. The molecule has 0 bridgehead atoms. The zero-order valence-electron chi connectivity index (χ0n) is 16.2. The molecule has 6 heteroatoms. The van der Waals surface area contributed by atoms with Gasteiger partial charge in [-0.2, -0.15) is 0 Å². The number of aromatic nitrogens is 2. The maximum atomic E-state index is 8.90. The van der Waals surface area contributed by atoms with Gasteiger partial charge in [0.25, 0.3) is 0 Å². The molecule has 0 spiro atoms. The van der Waals surface area contributed by atoms with Crippen LogP contribution in [0.15, 0.2) is 36.7 Å². The van der Waals surface area contributed by atoms with Gasteiger partial charge in [-0.3, -0.25) is 0 Å². The molecule has 0 aliphatic carbocycles. The number of hydrogen-bond acceptors (Lipinski definition) is 5. The highest BCUT2D eigenvalue weighted by Gasteiger charge is 2.26. The van der Waals surface area contributed by atoms with Crippen molar-refractivity contribution in [2.45, 2.75) is 25.3 Å². The Morgan fingerprint density at radius 2 is 1.85 bits per heavy atom. The topological polar surface area (TPSA) is 59.8 Å². The smallest absolute Gasteiger partial charge is 0.0956 e. The molecule has 0 radical (unpaired) electrons. The molecule has 6 nitrogen and oxygen atoms in total. The standard InChI is InChI=1S/C21H31N3O3/c1-26-14-11-23-9-7-19(8-10-23)21-20(18-5-3-2-4-6-18)22-17-24(21)12-15-27-16-13-25/h2-6,17,19,25H,7-16H2,1H3. The summed E-state index contributed by atoms with van der Waals surface area (Å²) in [6.07, 6.45) is 4.21. The molecule has 1 aliphatic rings. The molecule has 0 atom stereocenters. The highest BCUT2D eigenvalue weighted by atomic mass is 16.5. The molecule has 0 unspecified atom stereocenters. The normalized spacial score (nSPS) is 16.1. The van der Waals surface area contributed by atoms with Crippen molar-refractivity contribution in [3.05, 3.63) is 42.4 Å². The van der Waals surface area contributed by atoms with Crippen molar-refractivity contribution >= 4 is 0 Å². The fraction of sp³-hybridized carbons (Fsp3) is 0.571. The number of likely N-dealkylation sites (tertiary alicyclic amines) is 1. The number of methoxy groups -OCH3 is 1. The fourth-order valence-electron chi connectivity index (χ4n) is 3.80. The van der Waals surface area contributed by atoms with Gasteiger partial charge in [0.1, 0.15) is 0 Å². The lowest BCUT2D eigenvalue weighted by atomic mass is 9.90. The van der Waals surface area contributed by atoms with Crippen LogP contribution in [-0.2, 0) is 16.0 Å². The third kappa shape index (κ3) is 5.39. The monoisotopic (exact) mass is 373 g/mol. The number of imidazole rings is 1. The SMILES string of the molecule is COCCN1CCC(c2c(-c3ccccc3)ncn2CCOCCO)CC1. The van der Waals surface area contributed by atoms with Crippen LogP contribution in [0.25, 0.3) is 11.3 Å². The molecule has 3 rings (SSSR count). The summed E-state index contributed by atoms with van der Waals surface area (Å²) in [4.78, 5) is 7.23. The summed E-state index contributed by atoms with van der Waals surface area (Å²) in [5.74, 6) is 0.499. The number of ether oxygens (including phenoxy) is 2. The molecule has 1 fully saturated rings. The Labute approximate surface area is 161 Å².